The van der Waals surface area contributed by atoms with Gasteiger partial charge in [0.1, 0.15) is 5.82 Å². The third-order valence-corrected chi connectivity index (χ3v) is 3.11. The lowest BCUT2D eigenvalue weighted by molar-refractivity contribution is 0.871. The molecular formula is C11H12BrN3. The van der Waals surface area contributed by atoms with Gasteiger partial charge in [0.15, 0.2) is 0 Å². The van der Waals surface area contributed by atoms with Crippen LogP contribution in [0.3, 0.4) is 0 Å². The van der Waals surface area contributed by atoms with Gasteiger partial charge in [-0.25, -0.2) is 4.68 Å². The predicted octanol–water partition coefficient (Wildman–Crippen LogP) is 2.83. The Balaban J connectivity index is 2.54. The van der Waals surface area contributed by atoms with E-state index in [2.05, 4.69) is 21.0 Å². The first-order chi connectivity index (χ1) is 7.08. The molecule has 4 heteroatoms. The number of aromatic nitrogens is 2. The van der Waals surface area contributed by atoms with Crippen molar-refractivity contribution in [2.45, 2.75) is 13.8 Å². The molecule has 0 fully saturated rings. The number of hydrogen-bond donors (Lipinski definition) is 1. The van der Waals surface area contributed by atoms with E-state index in [1.54, 1.807) is 4.68 Å². The van der Waals surface area contributed by atoms with E-state index in [1.807, 2.05) is 38.1 Å². The van der Waals surface area contributed by atoms with E-state index in [0.717, 1.165) is 15.9 Å². The van der Waals surface area contributed by atoms with Gasteiger partial charge in [-0.05, 0) is 31.5 Å². The van der Waals surface area contributed by atoms with Crippen LogP contribution in [0.2, 0.25) is 0 Å². The molecule has 2 rings (SSSR count). The van der Waals surface area contributed by atoms with E-state index in [4.69, 9.17) is 5.73 Å². The van der Waals surface area contributed by atoms with Crippen LogP contribution in [0.1, 0.15) is 11.3 Å². The smallest absolute Gasteiger partial charge is 0.127 e. The molecule has 0 saturated heterocycles. The number of nitrogens with zero attached hydrogens (tertiary/aromatic N) is 2. The zero-order valence-electron chi connectivity index (χ0n) is 8.66. The molecular weight excluding hydrogens is 254 g/mol. The molecule has 1 aromatic heterocycles. The molecule has 78 valence electrons. The van der Waals surface area contributed by atoms with E-state index in [0.29, 0.717) is 5.82 Å². The van der Waals surface area contributed by atoms with Crippen LogP contribution >= 0.6 is 15.9 Å². The molecule has 0 unspecified atom stereocenters. The molecule has 1 aromatic carbocycles. The quantitative estimate of drug-likeness (QED) is 0.862. The number of rotatable bonds is 1. The largest absolute Gasteiger partial charge is 0.384 e. The fourth-order valence-electron chi connectivity index (χ4n) is 1.44. The summed E-state index contributed by atoms with van der Waals surface area (Å²) in [6.07, 6.45) is 0. The van der Waals surface area contributed by atoms with Gasteiger partial charge in [0.05, 0.1) is 11.4 Å². The highest BCUT2D eigenvalue weighted by Crippen LogP contribution is 2.21. The van der Waals surface area contributed by atoms with Crippen LogP contribution in [0, 0.1) is 13.8 Å². The summed E-state index contributed by atoms with van der Waals surface area (Å²) < 4.78 is 2.80. The molecule has 2 N–H and O–H groups in total. The molecule has 15 heavy (non-hydrogen) atoms. The lowest BCUT2D eigenvalue weighted by Gasteiger charge is -2.05. The third-order valence-electron chi connectivity index (χ3n) is 2.26. The minimum absolute atomic E-state index is 0.656. The second-order valence-corrected chi connectivity index (χ2v) is 4.41. The maximum Gasteiger partial charge on any atom is 0.127 e. The van der Waals surface area contributed by atoms with Crippen LogP contribution in [-0.4, -0.2) is 9.78 Å². The fraction of sp³-hybridized carbons (Fsp3) is 0.182. The van der Waals surface area contributed by atoms with Crippen LogP contribution in [-0.2, 0) is 0 Å². The zero-order chi connectivity index (χ0) is 11.0. The van der Waals surface area contributed by atoms with Gasteiger partial charge < -0.3 is 5.73 Å². The molecule has 2 aromatic rings. The highest BCUT2D eigenvalue weighted by molar-refractivity contribution is 9.10. The van der Waals surface area contributed by atoms with Crippen molar-refractivity contribution in [1.29, 1.82) is 0 Å². The van der Waals surface area contributed by atoms with E-state index in [-0.39, 0.29) is 0 Å². The van der Waals surface area contributed by atoms with Crippen LogP contribution in [0.25, 0.3) is 5.69 Å². The number of nitrogens with two attached hydrogens (primary N) is 1. The van der Waals surface area contributed by atoms with E-state index in [9.17, 15) is 0 Å². The zero-order valence-corrected chi connectivity index (χ0v) is 10.2. The Labute approximate surface area is 97.0 Å². The molecule has 0 amide bonds. The number of hydrogen-bond acceptors (Lipinski definition) is 2. The lowest BCUT2D eigenvalue weighted by atomic mass is 10.2. The van der Waals surface area contributed by atoms with Crippen molar-refractivity contribution < 1.29 is 0 Å². The summed E-state index contributed by atoms with van der Waals surface area (Å²) in [4.78, 5) is 0. The highest BCUT2D eigenvalue weighted by atomic mass is 79.9. The van der Waals surface area contributed by atoms with Gasteiger partial charge in [-0.15, -0.1) is 0 Å². The number of nitrogen functional groups attached to an aromatic ring is 1. The Bertz CT molecular complexity index is 503. The van der Waals surface area contributed by atoms with Crippen molar-refractivity contribution in [3.63, 3.8) is 0 Å². The Kier molecular flexibility index (Phi) is 2.52. The summed E-state index contributed by atoms with van der Waals surface area (Å²) in [6, 6.07) is 7.91. The number of halogens is 1. The summed E-state index contributed by atoms with van der Waals surface area (Å²) in [7, 11) is 0. The summed E-state index contributed by atoms with van der Waals surface area (Å²) in [5.41, 5.74) is 8.93. The number of aryl methyl sites for hydroxylation is 2. The predicted molar refractivity (Wildman–Crippen MR) is 65.2 cm³/mol. The van der Waals surface area contributed by atoms with Crippen molar-refractivity contribution in [2.75, 3.05) is 5.73 Å². The van der Waals surface area contributed by atoms with E-state index in [1.165, 1.54) is 5.56 Å². The van der Waals surface area contributed by atoms with Crippen molar-refractivity contribution in [3.05, 3.63) is 40.0 Å². The van der Waals surface area contributed by atoms with Crippen LogP contribution < -0.4 is 5.73 Å². The Morgan fingerprint density at radius 2 is 2.00 bits per heavy atom. The van der Waals surface area contributed by atoms with E-state index >= 15 is 0 Å². The minimum atomic E-state index is 0.656. The molecule has 0 aliphatic heterocycles. The number of anilines is 1. The normalized spacial score (nSPS) is 10.6. The molecule has 0 spiro atoms. The maximum absolute atomic E-state index is 5.85. The summed E-state index contributed by atoms with van der Waals surface area (Å²) in [5, 5.41) is 4.32. The van der Waals surface area contributed by atoms with Gasteiger partial charge >= 0.3 is 0 Å². The van der Waals surface area contributed by atoms with Gasteiger partial charge in [0, 0.05) is 10.5 Å². The van der Waals surface area contributed by atoms with Crippen molar-refractivity contribution >= 4 is 21.7 Å². The minimum Gasteiger partial charge on any atom is -0.384 e. The van der Waals surface area contributed by atoms with Gasteiger partial charge in [0.25, 0.3) is 0 Å². The molecule has 0 aliphatic rings. The topological polar surface area (TPSA) is 43.8 Å². The average molecular weight is 266 g/mol. The monoisotopic (exact) mass is 265 g/mol. The lowest BCUT2D eigenvalue weighted by Crippen LogP contribution is -2.01. The van der Waals surface area contributed by atoms with Crippen molar-refractivity contribution in [3.8, 4) is 5.69 Å². The second kappa shape index (κ2) is 3.70. The van der Waals surface area contributed by atoms with Gasteiger partial charge in [-0.2, -0.15) is 5.10 Å². The third kappa shape index (κ3) is 1.90. The summed E-state index contributed by atoms with van der Waals surface area (Å²) in [5.74, 6) is 0.656. The number of benzene rings is 1. The SMILES string of the molecule is Cc1cc(N)n(-c2ccc(C)c(Br)c2)n1. The summed E-state index contributed by atoms with van der Waals surface area (Å²) in [6.45, 7) is 3.97. The first-order valence-corrected chi connectivity index (χ1v) is 5.46. The molecule has 0 radical (unpaired) electrons. The molecule has 1 heterocycles. The summed E-state index contributed by atoms with van der Waals surface area (Å²) >= 11 is 3.49. The first-order valence-electron chi connectivity index (χ1n) is 4.66. The Hall–Kier alpha value is -1.29. The molecule has 0 bridgehead atoms. The highest BCUT2D eigenvalue weighted by Gasteiger charge is 2.05. The fourth-order valence-corrected chi connectivity index (χ4v) is 1.81. The Morgan fingerprint density at radius 1 is 1.27 bits per heavy atom. The Morgan fingerprint density at radius 3 is 2.53 bits per heavy atom. The first kappa shape index (κ1) is 10.2. The van der Waals surface area contributed by atoms with Gasteiger partial charge in [-0.1, -0.05) is 22.0 Å². The molecule has 0 atom stereocenters. The maximum atomic E-state index is 5.85. The van der Waals surface area contributed by atoms with Crippen molar-refractivity contribution in [2.24, 2.45) is 0 Å². The molecule has 3 nitrogen and oxygen atoms in total. The van der Waals surface area contributed by atoms with Gasteiger partial charge in [0.2, 0.25) is 0 Å². The van der Waals surface area contributed by atoms with Crippen LogP contribution in [0.15, 0.2) is 28.7 Å². The van der Waals surface area contributed by atoms with Crippen LogP contribution in [0.5, 0.6) is 0 Å². The average Bonchev–Trinajstić information content (AvgIpc) is 2.50. The molecule has 0 aliphatic carbocycles. The molecule has 0 saturated carbocycles. The second-order valence-electron chi connectivity index (χ2n) is 3.56. The standard InChI is InChI=1S/C11H12BrN3/c1-7-3-4-9(6-10(7)12)15-11(13)5-8(2)14-15/h3-6H,13H2,1-2H3. The van der Waals surface area contributed by atoms with Gasteiger partial charge in [-0.3, -0.25) is 0 Å². The van der Waals surface area contributed by atoms with E-state index < -0.39 is 0 Å². The van der Waals surface area contributed by atoms with Crippen LogP contribution in [0.4, 0.5) is 5.82 Å². The van der Waals surface area contributed by atoms with Crippen molar-refractivity contribution in [1.82, 2.24) is 9.78 Å².